The fourth-order valence-corrected chi connectivity index (χ4v) is 2.74. The lowest BCUT2D eigenvalue weighted by atomic mass is 10.1. The van der Waals surface area contributed by atoms with E-state index in [2.05, 4.69) is 25.4 Å². The quantitative estimate of drug-likeness (QED) is 0.675. The molecule has 1 N–H and O–H groups in total. The first-order chi connectivity index (χ1) is 11.8. The third kappa shape index (κ3) is 4.01. The zero-order chi connectivity index (χ0) is 16.8. The fourth-order valence-electron chi connectivity index (χ4n) is 2.74. The van der Waals surface area contributed by atoms with Crippen LogP contribution in [0, 0.1) is 0 Å². The number of benzene rings is 1. The average molecular weight is 325 g/mol. The molecule has 0 amide bonds. The lowest BCUT2D eigenvalue weighted by molar-refractivity contribution is 0.415. The van der Waals surface area contributed by atoms with E-state index in [0.717, 1.165) is 35.9 Å². The number of piperidine rings is 1. The normalized spacial score (nSPS) is 15.2. The van der Waals surface area contributed by atoms with E-state index in [1.165, 1.54) is 19.3 Å². The number of methoxy groups -OCH3 is 1. The molecule has 126 valence electrons. The lowest BCUT2D eigenvalue weighted by Crippen LogP contribution is -2.30. The van der Waals surface area contributed by atoms with Crippen LogP contribution in [0.1, 0.15) is 31.7 Å². The maximum absolute atomic E-state index is 5.17. The Bertz CT molecular complexity index is 693. The van der Waals surface area contributed by atoms with E-state index in [4.69, 9.17) is 4.74 Å². The number of anilines is 2. The van der Waals surface area contributed by atoms with Gasteiger partial charge in [0.25, 0.3) is 0 Å². The Hall–Kier alpha value is -2.63. The van der Waals surface area contributed by atoms with Crippen LogP contribution in [0.15, 0.2) is 41.8 Å². The number of aromatic nitrogens is 2. The minimum atomic E-state index is 0.707. The summed E-state index contributed by atoms with van der Waals surface area (Å²) in [4.78, 5) is 10.9. The second-order valence-electron chi connectivity index (χ2n) is 5.85. The van der Waals surface area contributed by atoms with Crippen molar-refractivity contribution in [1.82, 2.24) is 9.97 Å². The van der Waals surface area contributed by atoms with Crippen LogP contribution in [0.2, 0.25) is 0 Å². The molecule has 6 heteroatoms. The molecule has 0 spiro atoms. The molecule has 0 bridgehead atoms. The van der Waals surface area contributed by atoms with E-state index >= 15 is 0 Å². The molecule has 1 saturated heterocycles. The number of rotatable bonds is 5. The summed E-state index contributed by atoms with van der Waals surface area (Å²) in [6.45, 7) is 4.08. The minimum Gasteiger partial charge on any atom is -0.497 e. The SMILES string of the molecule is COc1ccc(/C(C)=N/Nc2cc(N3CCCCC3)ncn2)cc1. The number of hydrogen-bond acceptors (Lipinski definition) is 6. The Morgan fingerprint density at radius 3 is 2.58 bits per heavy atom. The van der Waals surface area contributed by atoms with E-state index in [-0.39, 0.29) is 0 Å². The Labute approximate surface area is 142 Å². The van der Waals surface area contributed by atoms with Crippen molar-refractivity contribution in [3.05, 3.63) is 42.2 Å². The van der Waals surface area contributed by atoms with Gasteiger partial charge in [-0.1, -0.05) is 0 Å². The standard InChI is InChI=1S/C18H23N5O/c1-14(15-6-8-16(24-2)9-7-15)21-22-17-12-18(20-13-19-17)23-10-4-3-5-11-23/h6-9,12-13H,3-5,10-11H2,1-2H3,(H,19,20,22)/b21-14+. The van der Waals surface area contributed by atoms with Gasteiger partial charge < -0.3 is 9.64 Å². The summed E-state index contributed by atoms with van der Waals surface area (Å²) in [5.74, 6) is 2.50. The molecule has 2 heterocycles. The van der Waals surface area contributed by atoms with Crippen molar-refractivity contribution in [3.63, 3.8) is 0 Å². The van der Waals surface area contributed by atoms with Crippen molar-refractivity contribution in [2.45, 2.75) is 26.2 Å². The number of nitrogens with one attached hydrogen (secondary N) is 1. The maximum atomic E-state index is 5.17. The van der Waals surface area contributed by atoms with Gasteiger partial charge in [0.15, 0.2) is 5.82 Å². The van der Waals surface area contributed by atoms with Gasteiger partial charge in [0.05, 0.1) is 12.8 Å². The molecule has 3 rings (SSSR count). The third-order valence-electron chi connectivity index (χ3n) is 4.18. The molecule has 24 heavy (non-hydrogen) atoms. The van der Waals surface area contributed by atoms with Gasteiger partial charge in [-0.05, 0) is 56.0 Å². The van der Waals surface area contributed by atoms with Crippen molar-refractivity contribution >= 4 is 17.3 Å². The van der Waals surface area contributed by atoms with E-state index in [0.29, 0.717) is 5.82 Å². The molecule has 0 saturated carbocycles. The van der Waals surface area contributed by atoms with Gasteiger partial charge in [0.2, 0.25) is 0 Å². The number of ether oxygens (including phenoxy) is 1. The molecule has 0 unspecified atom stereocenters. The zero-order valence-electron chi connectivity index (χ0n) is 14.2. The van der Waals surface area contributed by atoms with Crippen LogP contribution in [0.4, 0.5) is 11.6 Å². The van der Waals surface area contributed by atoms with E-state index < -0.39 is 0 Å². The first-order valence-electron chi connectivity index (χ1n) is 8.28. The second kappa shape index (κ2) is 7.77. The van der Waals surface area contributed by atoms with Gasteiger partial charge in [-0.3, -0.25) is 5.43 Å². The summed E-state index contributed by atoms with van der Waals surface area (Å²) in [7, 11) is 1.66. The highest BCUT2D eigenvalue weighted by Crippen LogP contribution is 2.19. The van der Waals surface area contributed by atoms with Crippen molar-refractivity contribution in [3.8, 4) is 5.75 Å². The van der Waals surface area contributed by atoms with Crippen LogP contribution in [0.3, 0.4) is 0 Å². The van der Waals surface area contributed by atoms with Gasteiger partial charge in [0, 0.05) is 19.2 Å². The molecule has 0 radical (unpaired) electrons. The zero-order valence-corrected chi connectivity index (χ0v) is 14.2. The highest BCUT2D eigenvalue weighted by Gasteiger charge is 2.12. The Kier molecular flexibility index (Phi) is 5.25. The number of hydrazone groups is 1. The Balaban J connectivity index is 1.68. The topological polar surface area (TPSA) is 62.6 Å². The van der Waals surface area contributed by atoms with Crippen molar-refractivity contribution in [2.24, 2.45) is 5.10 Å². The molecular weight excluding hydrogens is 302 g/mol. The fraction of sp³-hybridized carbons (Fsp3) is 0.389. The maximum Gasteiger partial charge on any atom is 0.151 e. The van der Waals surface area contributed by atoms with Gasteiger partial charge in [-0.15, -0.1) is 0 Å². The minimum absolute atomic E-state index is 0.707. The molecule has 1 aromatic heterocycles. The van der Waals surface area contributed by atoms with E-state index in [9.17, 15) is 0 Å². The summed E-state index contributed by atoms with van der Waals surface area (Å²) >= 11 is 0. The molecule has 1 aromatic carbocycles. The van der Waals surface area contributed by atoms with Crippen LogP contribution in [-0.4, -0.2) is 35.9 Å². The summed E-state index contributed by atoms with van der Waals surface area (Å²) in [5.41, 5.74) is 4.95. The van der Waals surface area contributed by atoms with Crippen LogP contribution >= 0.6 is 0 Å². The molecule has 1 aliphatic rings. The first-order valence-corrected chi connectivity index (χ1v) is 8.28. The monoisotopic (exact) mass is 325 g/mol. The van der Waals surface area contributed by atoms with E-state index in [1.807, 2.05) is 37.3 Å². The highest BCUT2D eigenvalue weighted by molar-refractivity contribution is 5.99. The van der Waals surface area contributed by atoms with Crippen molar-refractivity contribution in [2.75, 3.05) is 30.5 Å². The Morgan fingerprint density at radius 2 is 1.88 bits per heavy atom. The van der Waals surface area contributed by atoms with Crippen molar-refractivity contribution in [1.29, 1.82) is 0 Å². The largest absolute Gasteiger partial charge is 0.497 e. The molecule has 2 aromatic rings. The van der Waals surface area contributed by atoms with Gasteiger partial charge >= 0.3 is 0 Å². The highest BCUT2D eigenvalue weighted by atomic mass is 16.5. The molecule has 1 fully saturated rings. The number of nitrogens with zero attached hydrogens (tertiary/aromatic N) is 4. The van der Waals surface area contributed by atoms with Crippen LogP contribution in [0.25, 0.3) is 0 Å². The van der Waals surface area contributed by atoms with Crippen LogP contribution in [0.5, 0.6) is 5.75 Å². The van der Waals surface area contributed by atoms with Gasteiger partial charge in [-0.25, -0.2) is 9.97 Å². The third-order valence-corrected chi connectivity index (χ3v) is 4.18. The van der Waals surface area contributed by atoms with E-state index in [1.54, 1.807) is 13.4 Å². The van der Waals surface area contributed by atoms with Crippen LogP contribution < -0.4 is 15.1 Å². The van der Waals surface area contributed by atoms with Gasteiger partial charge in [0.1, 0.15) is 17.9 Å². The van der Waals surface area contributed by atoms with Crippen molar-refractivity contribution < 1.29 is 4.74 Å². The molecule has 1 aliphatic heterocycles. The molecule has 0 aliphatic carbocycles. The lowest BCUT2D eigenvalue weighted by Gasteiger charge is -2.27. The molecule has 0 atom stereocenters. The molecule has 6 nitrogen and oxygen atoms in total. The smallest absolute Gasteiger partial charge is 0.151 e. The number of hydrogen-bond donors (Lipinski definition) is 1. The van der Waals surface area contributed by atoms with Crippen LogP contribution in [-0.2, 0) is 0 Å². The first kappa shape index (κ1) is 16.2. The molecular formula is C18H23N5O. The predicted octanol–water partition coefficient (Wildman–Crippen LogP) is 3.31. The van der Waals surface area contributed by atoms with Gasteiger partial charge in [-0.2, -0.15) is 5.10 Å². The second-order valence-corrected chi connectivity index (χ2v) is 5.85. The summed E-state index contributed by atoms with van der Waals surface area (Å²) in [6.07, 6.45) is 5.34. The summed E-state index contributed by atoms with van der Waals surface area (Å²) in [6, 6.07) is 9.77. The predicted molar refractivity (Wildman–Crippen MR) is 96.9 cm³/mol. The summed E-state index contributed by atoms with van der Waals surface area (Å²) in [5, 5.41) is 4.42. The Morgan fingerprint density at radius 1 is 1.12 bits per heavy atom. The summed E-state index contributed by atoms with van der Waals surface area (Å²) < 4.78 is 5.17. The average Bonchev–Trinajstić information content (AvgIpc) is 2.67.